The zero-order valence-corrected chi connectivity index (χ0v) is 9.20. The molecule has 15 heavy (non-hydrogen) atoms. The predicted molar refractivity (Wildman–Crippen MR) is 56.6 cm³/mol. The zero-order chi connectivity index (χ0) is 11.7. The van der Waals surface area contributed by atoms with Crippen LogP contribution in [0.2, 0.25) is 0 Å². The molecule has 3 nitrogen and oxygen atoms in total. The molecule has 0 unspecified atom stereocenters. The maximum absolute atomic E-state index is 11.7. The van der Waals surface area contributed by atoms with Gasteiger partial charge in [-0.1, -0.05) is 15.0 Å². The summed E-state index contributed by atoms with van der Waals surface area (Å²) in [6.07, 6.45) is 5.08. The number of hydrogen-bond acceptors (Lipinski definition) is 3. The number of nitrogens with zero attached hydrogens (tertiary/aromatic N) is 2. The lowest BCUT2D eigenvalue weighted by Crippen LogP contribution is -2.07. The third-order valence-electron chi connectivity index (χ3n) is 1.47. The van der Waals surface area contributed by atoms with Gasteiger partial charge in [0.15, 0.2) is 0 Å². The quantitative estimate of drug-likeness (QED) is 0.225. The van der Waals surface area contributed by atoms with E-state index in [9.17, 15) is 8.96 Å². The summed E-state index contributed by atoms with van der Waals surface area (Å²) in [6.45, 7) is 5.19. The normalized spacial score (nSPS) is 11.6. The van der Waals surface area contributed by atoms with E-state index in [4.69, 9.17) is 4.74 Å². The van der Waals surface area contributed by atoms with Crippen molar-refractivity contribution in [2.24, 2.45) is 4.99 Å². The smallest absolute Gasteiger partial charge is 0.200 e. The summed E-state index contributed by atoms with van der Waals surface area (Å²) in [5, 5.41) is -1.01. The number of aliphatic imine (C=N–C) groups is 1. The lowest BCUT2D eigenvalue weighted by Gasteiger charge is -2.08. The van der Waals surface area contributed by atoms with Crippen LogP contribution >= 0.6 is 0 Å². The van der Waals surface area contributed by atoms with Crippen LogP contribution in [0.4, 0.5) is 8.96 Å². The van der Waals surface area contributed by atoms with Crippen LogP contribution in [0.3, 0.4) is 0 Å². The van der Waals surface area contributed by atoms with Crippen LogP contribution < -0.4 is 0 Å². The van der Waals surface area contributed by atoms with Gasteiger partial charge in [0.1, 0.15) is 5.76 Å². The number of hydrogen-bond donors (Lipinski definition) is 0. The lowest BCUT2D eigenvalue weighted by molar-refractivity contribution is -0.202. The van der Waals surface area contributed by atoms with Crippen LogP contribution in [-0.2, 0) is 4.74 Å². The minimum absolute atomic E-state index is 0.446. The molecular formula is C10H16F2N2O. The summed E-state index contributed by atoms with van der Waals surface area (Å²) < 4.78 is 28.3. The Balaban J connectivity index is 4.18. The van der Waals surface area contributed by atoms with Gasteiger partial charge >= 0.3 is 0 Å². The fraction of sp³-hybridized carbons (Fsp3) is 0.500. The van der Waals surface area contributed by atoms with Gasteiger partial charge in [-0.3, -0.25) is 4.99 Å². The molecule has 0 aromatic rings. The first-order valence-corrected chi connectivity index (χ1v) is 4.58. The molecule has 0 spiro atoms. The molecule has 0 aliphatic heterocycles. The Kier molecular flexibility index (Phi) is 7.44. The maximum atomic E-state index is 11.7. The van der Waals surface area contributed by atoms with Crippen molar-refractivity contribution in [3.63, 3.8) is 0 Å². The van der Waals surface area contributed by atoms with Crippen molar-refractivity contribution in [1.82, 2.24) is 5.34 Å². The van der Waals surface area contributed by atoms with Crippen molar-refractivity contribution in [2.75, 3.05) is 13.3 Å². The molecule has 0 heterocycles. The van der Waals surface area contributed by atoms with E-state index in [1.54, 1.807) is 32.2 Å². The second kappa shape index (κ2) is 8.11. The third kappa shape index (κ3) is 7.81. The molecule has 0 rings (SSSR count). The van der Waals surface area contributed by atoms with Gasteiger partial charge in [0.05, 0.1) is 11.9 Å². The van der Waals surface area contributed by atoms with Gasteiger partial charge in [0.2, 0.25) is 6.73 Å². The van der Waals surface area contributed by atoms with Gasteiger partial charge in [-0.05, 0) is 38.6 Å². The highest BCUT2D eigenvalue weighted by Gasteiger charge is 2.01. The van der Waals surface area contributed by atoms with Crippen LogP contribution in [0, 0.1) is 0 Å². The fourth-order valence-corrected chi connectivity index (χ4v) is 0.803. The maximum Gasteiger partial charge on any atom is 0.200 e. The Labute approximate surface area is 88.6 Å². The van der Waals surface area contributed by atoms with E-state index in [-0.39, 0.29) is 0 Å². The largest absolute Gasteiger partial charge is 0.473 e. The van der Waals surface area contributed by atoms with E-state index in [0.717, 1.165) is 5.57 Å². The first kappa shape index (κ1) is 13.8. The summed E-state index contributed by atoms with van der Waals surface area (Å²) in [6, 6.07) is 0. The van der Waals surface area contributed by atoms with Gasteiger partial charge < -0.3 is 4.74 Å². The lowest BCUT2D eigenvalue weighted by atomic mass is 10.2. The van der Waals surface area contributed by atoms with Crippen molar-refractivity contribution < 1.29 is 13.7 Å². The van der Waals surface area contributed by atoms with Gasteiger partial charge in [-0.25, -0.2) is 0 Å². The number of rotatable bonds is 6. The predicted octanol–water partition coefficient (Wildman–Crippen LogP) is 2.97. The van der Waals surface area contributed by atoms with Crippen molar-refractivity contribution >= 4 is 6.21 Å². The average Bonchev–Trinajstić information content (AvgIpc) is 2.15. The first-order chi connectivity index (χ1) is 7.07. The molecule has 0 bridgehead atoms. The summed E-state index contributed by atoms with van der Waals surface area (Å²) in [7, 11) is 0. The van der Waals surface area contributed by atoms with E-state index in [0.29, 0.717) is 12.3 Å². The van der Waals surface area contributed by atoms with Crippen LogP contribution in [0.5, 0.6) is 0 Å². The van der Waals surface area contributed by atoms with Crippen LogP contribution in [0.15, 0.2) is 28.5 Å². The summed E-state index contributed by atoms with van der Waals surface area (Å²) in [5.41, 5.74) is 0.841. The van der Waals surface area contributed by atoms with Crippen LogP contribution in [0.1, 0.15) is 20.8 Å². The Morgan fingerprint density at radius 3 is 2.53 bits per heavy atom. The Morgan fingerprint density at radius 2 is 2.07 bits per heavy atom. The van der Waals surface area contributed by atoms with E-state index in [1.165, 1.54) is 0 Å². The molecule has 0 amide bonds. The monoisotopic (exact) mass is 218 g/mol. The number of allylic oxidation sites excluding steroid dienone is 2. The third-order valence-corrected chi connectivity index (χ3v) is 1.47. The minimum atomic E-state index is -1.01. The Morgan fingerprint density at radius 1 is 1.40 bits per heavy atom. The Hall–Kier alpha value is -1.23. The molecule has 0 saturated carbocycles. The topological polar surface area (TPSA) is 24.8 Å². The second-order valence-corrected chi connectivity index (χ2v) is 2.97. The number of halogens is 2. The van der Waals surface area contributed by atoms with Crippen molar-refractivity contribution in [3.8, 4) is 0 Å². The molecule has 0 atom stereocenters. The van der Waals surface area contributed by atoms with Gasteiger partial charge in [-0.15, -0.1) is 0 Å². The molecule has 0 aromatic heterocycles. The summed E-state index contributed by atoms with van der Waals surface area (Å²) >= 11 is 0. The van der Waals surface area contributed by atoms with E-state index >= 15 is 0 Å². The molecule has 0 N–H and O–H groups in total. The van der Waals surface area contributed by atoms with Crippen molar-refractivity contribution in [1.29, 1.82) is 0 Å². The first-order valence-electron chi connectivity index (χ1n) is 4.58. The Bertz CT molecular complexity index is 256. The van der Waals surface area contributed by atoms with E-state index < -0.39 is 12.1 Å². The van der Waals surface area contributed by atoms with Crippen molar-refractivity contribution in [2.45, 2.75) is 20.8 Å². The minimum Gasteiger partial charge on any atom is -0.473 e. The van der Waals surface area contributed by atoms with Gasteiger partial charge in [0, 0.05) is 0 Å². The molecular weight excluding hydrogens is 202 g/mol. The fourth-order valence-electron chi connectivity index (χ4n) is 0.803. The summed E-state index contributed by atoms with van der Waals surface area (Å²) in [4.78, 5) is 3.95. The van der Waals surface area contributed by atoms with Crippen LogP contribution in [-0.4, -0.2) is 24.8 Å². The average molecular weight is 218 g/mol. The highest BCUT2D eigenvalue weighted by molar-refractivity contribution is 5.53. The molecule has 0 aromatic carbocycles. The van der Waals surface area contributed by atoms with Crippen molar-refractivity contribution in [3.05, 3.63) is 23.5 Å². The SMILES string of the molecule is CC=NCC=CC(OCN(F)F)=C(C)C. The van der Waals surface area contributed by atoms with Gasteiger partial charge in [-0.2, -0.15) is 0 Å². The molecule has 0 radical (unpaired) electrons. The van der Waals surface area contributed by atoms with Crippen LogP contribution in [0.25, 0.3) is 0 Å². The molecule has 5 heteroatoms. The molecule has 0 fully saturated rings. The van der Waals surface area contributed by atoms with E-state index in [2.05, 4.69) is 4.99 Å². The highest BCUT2D eigenvalue weighted by atomic mass is 19.4. The molecule has 86 valence electrons. The summed E-state index contributed by atoms with van der Waals surface area (Å²) in [5.74, 6) is 0.446. The molecule has 0 aliphatic carbocycles. The molecule has 0 aliphatic rings. The number of ether oxygens (including phenoxy) is 1. The molecule has 0 saturated heterocycles. The van der Waals surface area contributed by atoms with Gasteiger partial charge in [0.25, 0.3) is 0 Å². The highest BCUT2D eigenvalue weighted by Crippen LogP contribution is 2.08. The van der Waals surface area contributed by atoms with E-state index in [1.807, 2.05) is 6.92 Å². The standard InChI is InChI=1S/C10H16F2N2O/c1-4-13-7-5-6-10(9(2)3)15-8-14(11)12/h4-6H,7-8H2,1-3H3. The second-order valence-electron chi connectivity index (χ2n) is 2.97. The zero-order valence-electron chi connectivity index (χ0n) is 9.20.